The quantitative estimate of drug-likeness (QED) is 0.405. The molecule has 0 radical (unpaired) electrons. The van der Waals surface area contributed by atoms with Gasteiger partial charge < -0.3 is 10.8 Å². The molecule has 3 N–H and O–H groups in total. The van der Waals surface area contributed by atoms with Crippen LogP contribution < -0.4 is 5.73 Å². The van der Waals surface area contributed by atoms with Crippen LogP contribution in [0.25, 0.3) is 0 Å². The van der Waals surface area contributed by atoms with Crippen molar-refractivity contribution in [2.45, 2.75) is 0 Å². The van der Waals surface area contributed by atoms with E-state index in [9.17, 15) is 0 Å². The second-order valence-corrected chi connectivity index (χ2v) is 4.18. The van der Waals surface area contributed by atoms with E-state index in [1.807, 2.05) is 12.1 Å². The van der Waals surface area contributed by atoms with Gasteiger partial charge in [-0.05, 0) is 63.4 Å². The predicted octanol–water partition coefficient (Wildman–Crippen LogP) is 2.18. The lowest BCUT2D eigenvalue weighted by atomic mass is 10.3. The molecule has 5 heteroatoms. The lowest BCUT2D eigenvalue weighted by Gasteiger charge is -1.95. The van der Waals surface area contributed by atoms with Gasteiger partial charge in [-0.15, -0.1) is 0 Å². The van der Waals surface area contributed by atoms with Gasteiger partial charge >= 0.3 is 0 Å². The molecule has 0 bridgehead atoms. The highest BCUT2D eigenvalue weighted by atomic mass is 127. The second-order valence-electron chi connectivity index (χ2n) is 1.77. The van der Waals surface area contributed by atoms with Gasteiger partial charge in [0, 0.05) is 12.8 Å². The molecule has 0 unspecified atom stereocenters. The largest absolute Gasteiger partial charge is 0.483 e. The van der Waals surface area contributed by atoms with Crippen LogP contribution in [-0.2, 0) is 4.79 Å². The van der Waals surface area contributed by atoms with E-state index >= 15 is 0 Å². The van der Waals surface area contributed by atoms with Crippen molar-refractivity contribution in [1.82, 2.24) is 0 Å². The molecule has 0 heterocycles. The highest BCUT2D eigenvalue weighted by Crippen LogP contribution is 2.16. The van der Waals surface area contributed by atoms with Crippen LogP contribution in [0.5, 0.6) is 0 Å². The standard InChI is InChI=1S/C6H5I2N.CH2O2/c7-4-1-2-6(9)5(8)3-4;2-1-3/h1-3H,9H2;1H,(H,2,3). The van der Waals surface area contributed by atoms with E-state index in [4.69, 9.17) is 15.6 Å². The number of hydrogen-bond acceptors (Lipinski definition) is 2. The van der Waals surface area contributed by atoms with E-state index in [-0.39, 0.29) is 6.47 Å². The molecule has 0 aromatic heterocycles. The number of nitrogens with two attached hydrogens (primary N) is 1. The van der Waals surface area contributed by atoms with Crippen molar-refractivity contribution in [1.29, 1.82) is 0 Å². The van der Waals surface area contributed by atoms with Gasteiger partial charge in [0.05, 0.1) is 0 Å². The maximum absolute atomic E-state index is 8.36. The molecule has 0 aliphatic heterocycles. The molecule has 1 rings (SSSR count). The number of hydrogen-bond donors (Lipinski definition) is 2. The number of nitrogen functional groups attached to an aromatic ring is 1. The Bertz CT molecular complexity index is 266. The number of carbonyl (C=O) groups is 1. The van der Waals surface area contributed by atoms with Gasteiger partial charge in [-0.25, -0.2) is 0 Å². The van der Waals surface area contributed by atoms with Gasteiger partial charge in [-0.3, -0.25) is 4.79 Å². The molecule has 0 aliphatic carbocycles. The fourth-order valence-electron chi connectivity index (χ4n) is 0.502. The summed E-state index contributed by atoms with van der Waals surface area (Å²) in [5, 5.41) is 6.89. The van der Waals surface area contributed by atoms with Crippen LogP contribution in [-0.4, -0.2) is 11.6 Å². The molecule has 0 amide bonds. The zero-order valence-electron chi connectivity index (χ0n) is 6.00. The zero-order valence-corrected chi connectivity index (χ0v) is 10.3. The second kappa shape index (κ2) is 6.46. The lowest BCUT2D eigenvalue weighted by molar-refractivity contribution is -0.122. The van der Waals surface area contributed by atoms with E-state index in [2.05, 4.69) is 51.2 Å². The van der Waals surface area contributed by atoms with Gasteiger partial charge in [0.2, 0.25) is 0 Å². The maximum atomic E-state index is 8.36. The Morgan fingerprint density at radius 3 is 2.25 bits per heavy atom. The molecule has 3 nitrogen and oxygen atoms in total. The van der Waals surface area contributed by atoms with E-state index in [0.29, 0.717) is 0 Å². The minimum Gasteiger partial charge on any atom is -0.483 e. The highest BCUT2D eigenvalue weighted by Gasteiger charge is 1.92. The lowest BCUT2D eigenvalue weighted by Crippen LogP contribution is -1.88. The topological polar surface area (TPSA) is 63.3 Å². The third-order valence-corrected chi connectivity index (χ3v) is 2.57. The molecule has 0 saturated carbocycles. The summed E-state index contributed by atoms with van der Waals surface area (Å²) in [7, 11) is 0. The van der Waals surface area contributed by atoms with Crippen LogP contribution in [0.3, 0.4) is 0 Å². The summed E-state index contributed by atoms with van der Waals surface area (Å²) in [6.07, 6.45) is 0. The molecule has 1 aromatic carbocycles. The fraction of sp³-hybridized carbons (Fsp3) is 0. The van der Waals surface area contributed by atoms with Crippen molar-refractivity contribution in [2.24, 2.45) is 0 Å². The summed E-state index contributed by atoms with van der Waals surface area (Å²) in [6.45, 7) is -0.250. The third kappa shape index (κ3) is 4.75. The number of halogens is 2. The average Bonchev–Trinajstić information content (AvgIpc) is 1.99. The first-order chi connectivity index (χ1) is 5.61. The monoisotopic (exact) mass is 391 g/mol. The minimum atomic E-state index is -0.250. The van der Waals surface area contributed by atoms with Crippen LogP contribution in [0.1, 0.15) is 0 Å². The number of carboxylic acid groups (broad SMARTS) is 1. The molecule has 0 spiro atoms. The Balaban J connectivity index is 0.000000354. The van der Waals surface area contributed by atoms with Crippen LogP contribution >= 0.6 is 45.2 Å². The minimum absolute atomic E-state index is 0.250. The Morgan fingerprint density at radius 1 is 1.42 bits per heavy atom. The van der Waals surface area contributed by atoms with Gasteiger partial charge in [0.1, 0.15) is 0 Å². The molecule has 12 heavy (non-hydrogen) atoms. The van der Waals surface area contributed by atoms with Crippen molar-refractivity contribution < 1.29 is 9.90 Å². The maximum Gasteiger partial charge on any atom is 0.290 e. The Labute approximate surface area is 97.6 Å². The van der Waals surface area contributed by atoms with Gasteiger partial charge in [0.15, 0.2) is 0 Å². The summed E-state index contributed by atoms with van der Waals surface area (Å²) in [4.78, 5) is 8.36. The van der Waals surface area contributed by atoms with Crippen molar-refractivity contribution in [3.63, 3.8) is 0 Å². The number of anilines is 1. The van der Waals surface area contributed by atoms with Crippen LogP contribution in [0.2, 0.25) is 0 Å². The summed E-state index contributed by atoms with van der Waals surface area (Å²) in [5.41, 5.74) is 6.44. The fourth-order valence-corrected chi connectivity index (χ4v) is 2.10. The van der Waals surface area contributed by atoms with Gasteiger partial charge in [-0.2, -0.15) is 0 Å². The van der Waals surface area contributed by atoms with Gasteiger partial charge in [-0.1, -0.05) is 0 Å². The van der Waals surface area contributed by atoms with Crippen molar-refractivity contribution >= 4 is 57.3 Å². The first-order valence-electron chi connectivity index (χ1n) is 2.90. The van der Waals surface area contributed by atoms with E-state index in [1.54, 1.807) is 0 Å². The number of benzene rings is 1. The van der Waals surface area contributed by atoms with Gasteiger partial charge in [0.25, 0.3) is 6.47 Å². The molecule has 0 saturated heterocycles. The Hall–Kier alpha value is -0.0500. The van der Waals surface area contributed by atoms with Crippen molar-refractivity contribution in [3.05, 3.63) is 25.3 Å². The van der Waals surface area contributed by atoms with Crippen molar-refractivity contribution in [2.75, 3.05) is 5.73 Å². The molecule has 0 atom stereocenters. The third-order valence-electron chi connectivity index (χ3n) is 0.962. The highest BCUT2D eigenvalue weighted by molar-refractivity contribution is 14.1. The van der Waals surface area contributed by atoms with Crippen LogP contribution in [0.15, 0.2) is 18.2 Å². The summed E-state index contributed by atoms with van der Waals surface area (Å²) in [6, 6.07) is 5.97. The molecular formula is C7H7I2NO2. The first-order valence-corrected chi connectivity index (χ1v) is 5.06. The zero-order chi connectivity index (χ0) is 9.56. The molecule has 0 aliphatic rings. The van der Waals surface area contributed by atoms with E-state index in [1.165, 1.54) is 3.57 Å². The molecule has 0 fully saturated rings. The van der Waals surface area contributed by atoms with E-state index in [0.717, 1.165) is 9.26 Å². The Morgan fingerprint density at radius 2 is 1.92 bits per heavy atom. The first kappa shape index (κ1) is 11.9. The molecule has 66 valence electrons. The normalized spacial score (nSPS) is 8.17. The molecular weight excluding hydrogens is 384 g/mol. The van der Waals surface area contributed by atoms with Crippen LogP contribution in [0, 0.1) is 7.14 Å². The SMILES string of the molecule is Nc1ccc(I)cc1I.O=CO. The smallest absolute Gasteiger partial charge is 0.290 e. The van der Waals surface area contributed by atoms with E-state index < -0.39 is 0 Å². The summed E-state index contributed by atoms with van der Waals surface area (Å²) < 4.78 is 2.35. The summed E-state index contributed by atoms with van der Waals surface area (Å²) in [5.74, 6) is 0. The predicted molar refractivity (Wildman–Crippen MR) is 65.0 cm³/mol. The van der Waals surface area contributed by atoms with Crippen molar-refractivity contribution in [3.8, 4) is 0 Å². The number of rotatable bonds is 0. The van der Waals surface area contributed by atoms with Crippen LogP contribution in [0.4, 0.5) is 5.69 Å². The molecule has 1 aromatic rings. The Kier molecular flexibility index (Phi) is 6.44. The summed E-state index contributed by atoms with van der Waals surface area (Å²) >= 11 is 4.48. The average molecular weight is 391 g/mol.